The average Bonchev–Trinajstić information content (AvgIpc) is 2.63. The Balaban J connectivity index is 1.61. The van der Waals surface area contributed by atoms with Gasteiger partial charge in [-0.15, -0.1) is 23.5 Å². The van der Waals surface area contributed by atoms with E-state index in [4.69, 9.17) is 4.74 Å². The Hall–Kier alpha value is -2.13. The van der Waals surface area contributed by atoms with Crippen LogP contribution in [-0.4, -0.2) is 57.8 Å². The van der Waals surface area contributed by atoms with Crippen molar-refractivity contribution in [2.75, 3.05) is 18.6 Å². The molecule has 9 heteroatoms. The number of carboxylic acid groups (broad SMARTS) is 1. The summed E-state index contributed by atoms with van der Waals surface area (Å²) in [6, 6.07) is 8.16. The zero-order valence-electron chi connectivity index (χ0n) is 13.3. The van der Waals surface area contributed by atoms with E-state index in [0.717, 1.165) is 0 Å². The normalized spacial score (nSPS) is 22.1. The summed E-state index contributed by atoms with van der Waals surface area (Å²) >= 11 is 2.76. The molecule has 1 saturated heterocycles. The minimum atomic E-state index is -1.12. The number of β-lactam (4-membered cyclic amide) rings is 1. The monoisotopic (exact) mass is 380 g/mol. The summed E-state index contributed by atoms with van der Waals surface area (Å²) in [5.74, 6) is -0.884. The molecule has 0 aromatic heterocycles. The molecule has 0 aliphatic carbocycles. The highest BCUT2D eigenvalue weighted by Gasteiger charge is 2.54. The van der Waals surface area contributed by atoms with Crippen molar-refractivity contribution in [2.45, 2.75) is 11.4 Å². The van der Waals surface area contributed by atoms with Crippen LogP contribution >= 0.6 is 23.5 Å². The number of thioether (sulfide) groups is 2. The van der Waals surface area contributed by atoms with Gasteiger partial charge in [0.15, 0.2) is 6.61 Å². The molecule has 25 heavy (non-hydrogen) atoms. The van der Waals surface area contributed by atoms with Crippen molar-refractivity contribution in [3.63, 3.8) is 0 Å². The van der Waals surface area contributed by atoms with Gasteiger partial charge in [-0.25, -0.2) is 4.79 Å². The zero-order valence-corrected chi connectivity index (χ0v) is 14.9. The molecule has 2 atom stereocenters. The van der Waals surface area contributed by atoms with Crippen LogP contribution in [-0.2, 0) is 14.4 Å². The fraction of sp³-hybridized carbons (Fsp3) is 0.312. The van der Waals surface area contributed by atoms with E-state index in [1.165, 1.54) is 28.4 Å². The average molecular weight is 380 g/mol. The number of carbonyl (C=O) groups excluding carboxylic acids is 2. The third kappa shape index (κ3) is 3.47. The van der Waals surface area contributed by atoms with Gasteiger partial charge < -0.3 is 15.2 Å². The molecule has 132 valence electrons. The number of hydrogen-bond donors (Lipinski definition) is 2. The first-order valence-corrected chi connectivity index (χ1v) is 9.72. The number of hydrogen-bond acceptors (Lipinski definition) is 6. The van der Waals surface area contributed by atoms with Crippen molar-refractivity contribution in [3.8, 4) is 5.75 Å². The third-order valence-electron chi connectivity index (χ3n) is 3.81. The van der Waals surface area contributed by atoms with E-state index in [1.54, 1.807) is 30.5 Å². The first-order valence-electron chi connectivity index (χ1n) is 7.45. The van der Waals surface area contributed by atoms with Crippen LogP contribution in [0, 0.1) is 0 Å². The van der Waals surface area contributed by atoms with Crippen molar-refractivity contribution in [1.29, 1.82) is 0 Å². The molecule has 0 bridgehead atoms. The molecule has 0 unspecified atom stereocenters. The van der Waals surface area contributed by atoms with E-state index in [2.05, 4.69) is 5.32 Å². The molecule has 3 rings (SSSR count). The third-order valence-corrected chi connectivity index (χ3v) is 6.10. The summed E-state index contributed by atoms with van der Waals surface area (Å²) in [7, 11) is 0. The number of rotatable bonds is 6. The molecular formula is C16H16N2O5S2. The maximum atomic E-state index is 12.3. The first-order chi connectivity index (χ1) is 12.0. The van der Waals surface area contributed by atoms with Gasteiger partial charge in [0.2, 0.25) is 0 Å². The van der Waals surface area contributed by atoms with Crippen LogP contribution in [0.5, 0.6) is 5.75 Å². The van der Waals surface area contributed by atoms with Gasteiger partial charge in [-0.2, -0.15) is 0 Å². The number of aliphatic carboxylic acids is 1. The molecule has 0 spiro atoms. The van der Waals surface area contributed by atoms with E-state index in [-0.39, 0.29) is 12.3 Å². The molecule has 2 aliphatic rings. The molecule has 1 fully saturated rings. The fourth-order valence-electron chi connectivity index (χ4n) is 2.63. The number of carbonyl (C=O) groups is 3. The highest BCUT2D eigenvalue weighted by Crippen LogP contribution is 2.42. The van der Waals surface area contributed by atoms with Crippen molar-refractivity contribution in [3.05, 3.63) is 40.9 Å². The van der Waals surface area contributed by atoms with Crippen molar-refractivity contribution < 1.29 is 24.2 Å². The second kappa shape index (κ2) is 7.40. The van der Waals surface area contributed by atoms with Crippen LogP contribution in [0.15, 0.2) is 40.9 Å². The molecule has 1 aromatic carbocycles. The number of nitrogens with one attached hydrogen (secondary N) is 1. The molecular weight excluding hydrogens is 364 g/mol. The van der Waals surface area contributed by atoms with Gasteiger partial charge in [0, 0.05) is 10.7 Å². The molecule has 2 N–H and O–H groups in total. The van der Waals surface area contributed by atoms with Gasteiger partial charge in [0.25, 0.3) is 11.8 Å². The maximum absolute atomic E-state index is 12.3. The lowest BCUT2D eigenvalue weighted by molar-refractivity contribution is -0.150. The van der Waals surface area contributed by atoms with E-state index in [0.29, 0.717) is 16.4 Å². The molecule has 2 amide bonds. The minimum absolute atomic E-state index is 0.0206. The van der Waals surface area contributed by atoms with Gasteiger partial charge in [0.05, 0.1) is 0 Å². The van der Waals surface area contributed by atoms with Crippen LogP contribution in [0.25, 0.3) is 0 Å². The van der Waals surface area contributed by atoms with Gasteiger partial charge in [-0.3, -0.25) is 14.5 Å². The van der Waals surface area contributed by atoms with Crippen LogP contribution in [0.3, 0.4) is 0 Å². The predicted molar refractivity (Wildman–Crippen MR) is 95.1 cm³/mol. The van der Waals surface area contributed by atoms with Crippen molar-refractivity contribution in [2.24, 2.45) is 0 Å². The highest BCUT2D eigenvalue weighted by atomic mass is 32.2. The Morgan fingerprint density at radius 3 is 2.76 bits per heavy atom. The number of carboxylic acids is 1. The SMILES string of the molecule is CSC1=C(C(=O)O)N2C(=O)[C@@H](NC(=O)COc3ccccc3)[C@@H]2SC1. The van der Waals surface area contributed by atoms with Crippen LogP contribution in [0.2, 0.25) is 0 Å². The van der Waals surface area contributed by atoms with Gasteiger partial charge >= 0.3 is 5.97 Å². The second-order valence-electron chi connectivity index (χ2n) is 5.34. The first kappa shape index (κ1) is 17.7. The summed E-state index contributed by atoms with van der Waals surface area (Å²) < 4.78 is 5.35. The second-order valence-corrected chi connectivity index (χ2v) is 7.34. The Morgan fingerprint density at radius 2 is 2.12 bits per heavy atom. The number of nitrogens with zero attached hydrogens (tertiary/aromatic N) is 1. The highest BCUT2D eigenvalue weighted by molar-refractivity contribution is 8.05. The van der Waals surface area contributed by atoms with Crippen molar-refractivity contribution >= 4 is 41.3 Å². The molecule has 2 heterocycles. The summed E-state index contributed by atoms with van der Waals surface area (Å²) in [6.07, 6.45) is 1.78. The number of ether oxygens (including phenoxy) is 1. The smallest absolute Gasteiger partial charge is 0.353 e. The summed E-state index contributed by atoms with van der Waals surface area (Å²) in [5.41, 5.74) is 0.0206. The molecule has 0 radical (unpaired) electrons. The van der Waals surface area contributed by atoms with Gasteiger partial charge in [-0.05, 0) is 18.4 Å². The lowest BCUT2D eigenvalue weighted by Gasteiger charge is -2.49. The summed E-state index contributed by atoms with van der Waals surface area (Å²) in [5, 5.41) is 11.6. The maximum Gasteiger partial charge on any atom is 0.353 e. The van der Waals surface area contributed by atoms with E-state index >= 15 is 0 Å². The van der Waals surface area contributed by atoms with Gasteiger partial charge in [-0.1, -0.05) is 18.2 Å². The Kier molecular flexibility index (Phi) is 5.24. The fourth-order valence-corrected chi connectivity index (χ4v) is 4.88. The molecule has 2 aliphatic heterocycles. The predicted octanol–water partition coefficient (Wildman–Crippen LogP) is 1.12. The van der Waals surface area contributed by atoms with Crippen molar-refractivity contribution in [1.82, 2.24) is 10.2 Å². The molecule has 0 saturated carbocycles. The topological polar surface area (TPSA) is 95.9 Å². The number of fused-ring (bicyclic) bond motifs is 1. The lowest BCUT2D eigenvalue weighted by Crippen LogP contribution is -2.70. The molecule has 1 aromatic rings. The number of benzene rings is 1. The zero-order chi connectivity index (χ0) is 18.0. The Morgan fingerprint density at radius 1 is 1.40 bits per heavy atom. The Labute approximate surface area is 152 Å². The van der Waals surface area contributed by atoms with Crippen LogP contribution < -0.4 is 10.1 Å². The summed E-state index contributed by atoms with van der Waals surface area (Å²) in [6.45, 7) is -0.205. The van der Waals surface area contributed by atoms with Crippen LogP contribution in [0.4, 0.5) is 0 Å². The standard InChI is InChI=1S/C16H16N2O5S2/c1-24-10-8-25-15-12(14(20)18(15)13(10)16(21)22)17-11(19)7-23-9-5-3-2-4-6-9/h2-6,12,15H,7-8H2,1H3,(H,17,19)(H,21,22)/t12-,15+/m1/s1. The van der Waals surface area contributed by atoms with E-state index in [9.17, 15) is 19.5 Å². The number of para-hydroxylation sites is 1. The largest absolute Gasteiger partial charge is 0.484 e. The molecule has 7 nitrogen and oxygen atoms in total. The minimum Gasteiger partial charge on any atom is -0.484 e. The summed E-state index contributed by atoms with van der Waals surface area (Å²) in [4.78, 5) is 37.7. The van der Waals surface area contributed by atoms with E-state index < -0.39 is 29.2 Å². The quantitative estimate of drug-likeness (QED) is 0.714. The van der Waals surface area contributed by atoms with Crippen LogP contribution in [0.1, 0.15) is 0 Å². The number of amides is 2. The Bertz CT molecular complexity index is 737. The lowest BCUT2D eigenvalue weighted by atomic mass is 10.1. The van der Waals surface area contributed by atoms with E-state index in [1.807, 2.05) is 6.07 Å². The van der Waals surface area contributed by atoms with Gasteiger partial charge in [0.1, 0.15) is 22.9 Å².